The maximum absolute atomic E-state index is 13.3. The van der Waals surface area contributed by atoms with Gasteiger partial charge < -0.3 is 10.2 Å². The molecule has 11 heteroatoms. The lowest BCUT2D eigenvalue weighted by Crippen LogP contribution is -2.50. The number of benzene rings is 2. The highest BCUT2D eigenvalue weighted by Gasteiger charge is 2.41. The molecule has 1 aliphatic heterocycles. The molecule has 188 valence electrons. The first kappa shape index (κ1) is 27.0. The van der Waals surface area contributed by atoms with Crippen LogP contribution in [-0.4, -0.2) is 54.0 Å². The van der Waals surface area contributed by atoms with Gasteiger partial charge in [-0.25, -0.2) is 12.7 Å². The van der Waals surface area contributed by atoms with Crippen LogP contribution in [0.5, 0.6) is 0 Å². The maximum Gasteiger partial charge on any atom is 0.269 e. The summed E-state index contributed by atoms with van der Waals surface area (Å²) in [6, 6.07) is 9.88. The van der Waals surface area contributed by atoms with E-state index in [1.165, 1.54) is 23.1 Å². The van der Waals surface area contributed by atoms with Gasteiger partial charge in [-0.1, -0.05) is 48.3 Å². The quantitative estimate of drug-likeness (QED) is 0.520. The zero-order valence-corrected chi connectivity index (χ0v) is 22.0. The van der Waals surface area contributed by atoms with E-state index in [1.807, 2.05) is 13.8 Å². The Morgan fingerprint density at radius 2 is 1.77 bits per heavy atom. The number of hydrogen-bond donors (Lipinski definition) is 1. The molecule has 0 unspecified atom stereocenters. The van der Waals surface area contributed by atoms with E-state index in [-0.39, 0.29) is 41.9 Å². The van der Waals surface area contributed by atoms with Crippen LogP contribution in [0, 0.1) is 0 Å². The number of nitrogens with one attached hydrogen (secondary N) is 1. The topological polar surface area (TPSA) is 104 Å². The predicted molar refractivity (Wildman–Crippen MR) is 134 cm³/mol. The largest absolute Gasteiger partial charge is 0.352 e. The Hall–Kier alpha value is -2.62. The number of rotatable bonds is 9. The molecule has 0 fully saturated rings. The Morgan fingerprint density at radius 3 is 2.40 bits per heavy atom. The van der Waals surface area contributed by atoms with Gasteiger partial charge in [0, 0.05) is 25.6 Å². The molecule has 2 aromatic rings. The number of hydrogen-bond acceptors (Lipinski definition) is 5. The molecule has 35 heavy (non-hydrogen) atoms. The smallest absolute Gasteiger partial charge is 0.269 e. The lowest BCUT2D eigenvalue weighted by molar-refractivity contribution is -0.140. The van der Waals surface area contributed by atoms with Gasteiger partial charge in [0.05, 0.1) is 15.6 Å². The molecule has 0 saturated carbocycles. The van der Waals surface area contributed by atoms with Gasteiger partial charge in [0.1, 0.15) is 10.9 Å². The van der Waals surface area contributed by atoms with Crippen molar-refractivity contribution in [3.8, 4) is 0 Å². The number of halogens is 2. The molecule has 3 amide bonds. The molecule has 0 radical (unpaired) electrons. The molecule has 2 aromatic carbocycles. The molecule has 0 bridgehead atoms. The van der Waals surface area contributed by atoms with E-state index < -0.39 is 27.9 Å². The van der Waals surface area contributed by atoms with Crippen molar-refractivity contribution in [2.75, 3.05) is 6.54 Å². The van der Waals surface area contributed by atoms with E-state index >= 15 is 0 Å². The van der Waals surface area contributed by atoms with Crippen molar-refractivity contribution in [3.63, 3.8) is 0 Å². The van der Waals surface area contributed by atoms with Crippen LogP contribution >= 0.6 is 23.2 Å². The van der Waals surface area contributed by atoms with Crippen molar-refractivity contribution in [2.24, 2.45) is 0 Å². The SMILES string of the molecule is CC[C@H](C)NC(=O)[C@@H](C)N(Cc1ccc(Cl)c(Cl)c1)C(=O)CCN1C(=O)c2ccccc2S1(=O)=O. The molecule has 2 atom stereocenters. The second-order valence-electron chi connectivity index (χ2n) is 8.39. The molecule has 3 rings (SSSR count). The van der Waals surface area contributed by atoms with E-state index in [2.05, 4.69) is 5.32 Å². The molecular formula is C24H27Cl2N3O5S. The third kappa shape index (κ3) is 5.79. The van der Waals surface area contributed by atoms with E-state index in [9.17, 15) is 22.8 Å². The summed E-state index contributed by atoms with van der Waals surface area (Å²) in [5, 5.41) is 3.52. The highest BCUT2D eigenvalue weighted by molar-refractivity contribution is 7.90. The van der Waals surface area contributed by atoms with Crippen molar-refractivity contribution in [1.29, 1.82) is 0 Å². The summed E-state index contributed by atoms with van der Waals surface area (Å²) >= 11 is 12.1. The number of fused-ring (bicyclic) bond motifs is 1. The highest BCUT2D eigenvalue weighted by Crippen LogP contribution is 2.30. The van der Waals surface area contributed by atoms with Gasteiger partial charge in [0.15, 0.2) is 0 Å². The Balaban J connectivity index is 1.81. The summed E-state index contributed by atoms with van der Waals surface area (Å²) < 4.78 is 26.4. The molecule has 0 aliphatic carbocycles. The van der Waals surface area contributed by atoms with Crippen LogP contribution < -0.4 is 5.32 Å². The van der Waals surface area contributed by atoms with Crippen molar-refractivity contribution >= 4 is 50.9 Å². The maximum atomic E-state index is 13.3. The number of sulfonamides is 1. The molecule has 0 aromatic heterocycles. The first-order chi connectivity index (χ1) is 16.5. The zero-order chi connectivity index (χ0) is 25.9. The minimum Gasteiger partial charge on any atom is -0.352 e. The van der Waals surface area contributed by atoms with Gasteiger partial charge in [-0.15, -0.1) is 0 Å². The zero-order valence-electron chi connectivity index (χ0n) is 19.6. The Kier molecular flexibility index (Phi) is 8.46. The van der Waals surface area contributed by atoms with Gasteiger partial charge in [-0.2, -0.15) is 0 Å². The van der Waals surface area contributed by atoms with E-state index in [4.69, 9.17) is 23.2 Å². The Labute approximate surface area is 215 Å². The van der Waals surface area contributed by atoms with E-state index in [0.29, 0.717) is 26.3 Å². The van der Waals surface area contributed by atoms with E-state index in [1.54, 1.807) is 31.2 Å². The monoisotopic (exact) mass is 539 g/mol. The third-order valence-corrected chi connectivity index (χ3v) is 8.53. The van der Waals surface area contributed by atoms with Gasteiger partial charge in [0.25, 0.3) is 15.9 Å². The fraction of sp³-hybridized carbons (Fsp3) is 0.375. The highest BCUT2D eigenvalue weighted by atomic mass is 35.5. The van der Waals surface area contributed by atoms with Gasteiger partial charge in [0.2, 0.25) is 11.8 Å². The summed E-state index contributed by atoms with van der Waals surface area (Å²) in [5.41, 5.74) is 0.724. The average molecular weight is 540 g/mol. The normalized spacial score (nSPS) is 15.9. The second-order valence-corrected chi connectivity index (χ2v) is 11.0. The number of amides is 3. The molecule has 8 nitrogen and oxygen atoms in total. The molecule has 1 N–H and O–H groups in total. The molecule has 0 spiro atoms. The van der Waals surface area contributed by atoms with Crippen LogP contribution in [0.25, 0.3) is 0 Å². The summed E-state index contributed by atoms with van der Waals surface area (Å²) in [6.45, 7) is 5.09. The average Bonchev–Trinajstić information content (AvgIpc) is 3.02. The molecule has 0 saturated heterocycles. The Morgan fingerprint density at radius 1 is 1.09 bits per heavy atom. The van der Waals surface area contributed by atoms with Crippen molar-refractivity contribution < 1.29 is 22.8 Å². The fourth-order valence-electron chi connectivity index (χ4n) is 3.68. The summed E-state index contributed by atoms with van der Waals surface area (Å²) in [4.78, 5) is 40.1. The standard InChI is InChI=1S/C24H27Cl2N3O5S/c1-4-15(2)27-23(31)16(3)28(14-17-9-10-19(25)20(26)13-17)22(30)11-12-29-24(32)18-7-5-6-8-21(18)35(29,33)34/h5-10,13,15-16H,4,11-12,14H2,1-3H3,(H,27,31)/t15-,16+/m0/s1. The molecule has 1 heterocycles. The second kappa shape index (κ2) is 11.0. The molecule has 1 aliphatic rings. The van der Waals surface area contributed by atoms with Crippen molar-refractivity contribution in [3.05, 3.63) is 63.6 Å². The molecular weight excluding hydrogens is 513 g/mol. The van der Waals surface area contributed by atoms with Gasteiger partial charge in [-0.3, -0.25) is 14.4 Å². The van der Waals surface area contributed by atoms with E-state index in [0.717, 1.165) is 0 Å². The number of nitrogens with zero attached hydrogens (tertiary/aromatic N) is 2. The third-order valence-electron chi connectivity index (χ3n) is 5.95. The minimum atomic E-state index is -4.04. The number of carbonyl (C=O) groups is 3. The van der Waals surface area contributed by atoms with Crippen LogP contribution in [0.1, 0.15) is 49.5 Å². The first-order valence-corrected chi connectivity index (χ1v) is 13.4. The van der Waals surface area contributed by atoms with Crippen molar-refractivity contribution in [2.45, 2.75) is 57.1 Å². The number of carbonyl (C=O) groups excluding carboxylic acids is 3. The van der Waals surface area contributed by atoms with Gasteiger partial charge in [-0.05, 0) is 50.1 Å². The van der Waals surface area contributed by atoms with Crippen molar-refractivity contribution in [1.82, 2.24) is 14.5 Å². The van der Waals surface area contributed by atoms with Crippen LogP contribution in [-0.2, 0) is 26.2 Å². The predicted octanol–water partition coefficient (Wildman–Crippen LogP) is 3.86. The lowest BCUT2D eigenvalue weighted by Gasteiger charge is -2.30. The first-order valence-electron chi connectivity index (χ1n) is 11.2. The van der Waals surface area contributed by atoms with Crippen LogP contribution in [0.3, 0.4) is 0 Å². The summed E-state index contributed by atoms with van der Waals surface area (Å²) in [6.07, 6.45) is 0.427. The summed E-state index contributed by atoms with van der Waals surface area (Å²) in [5.74, 6) is -1.50. The summed E-state index contributed by atoms with van der Waals surface area (Å²) in [7, 11) is -4.04. The Bertz CT molecular complexity index is 1250. The van der Waals surface area contributed by atoms with Crippen LogP contribution in [0.15, 0.2) is 47.4 Å². The lowest BCUT2D eigenvalue weighted by atomic mass is 10.1. The van der Waals surface area contributed by atoms with Crippen LogP contribution in [0.4, 0.5) is 0 Å². The fourth-order valence-corrected chi connectivity index (χ4v) is 5.57. The van der Waals surface area contributed by atoms with Crippen LogP contribution in [0.2, 0.25) is 10.0 Å². The minimum absolute atomic E-state index is 0.0474. The van der Waals surface area contributed by atoms with Gasteiger partial charge >= 0.3 is 0 Å².